The van der Waals surface area contributed by atoms with Crippen molar-refractivity contribution in [2.45, 2.75) is 65.3 Å². The molecule has 59 heavy (non-hydrogen) atoms. The Morgan fingerprint density at radius 3 is 2.27 bits per heavy atom. The lowest BCUT2D eigenvalue weighted by Gasteiger charge is -2.34. The van der Waals surface area contributed by atoms with E-state index in [1.165, 1.54) is 11.2 Å². The predicted octanol–water partition coefficient (Wildman–Crippen LogP) is 8.16. The Morgan fingerprint density at radius 1 is 0.932 bits per heavy atom. The first kappa shape index (κ1) is 40.9. The lowest BCUT2D eigenvalue weighted by molar-refractivity contribution is -0.129. The summed E-state index contributed by atoms with van der Waals surface area (Å²) in [7, 11) is -0.0585. The van der Waals surface area contributed by atoms with Gasteiger partial charge in [0.1, 0.15) is 11.4 Å². The number of carbonyl (C=O) groups is 2. The van der Waals surface area contributed by atoms with Gasteiger partial charge in [0, 0.05) is 104 Å². The molecule has 3 aromatic heterocycles. The average Bonchev–Trinajstić information content (AvgIpc) is 3.80. The van der Waals surface area contributed by atoms with Crippen LogP contribution in [0.2, 0.25) is 10.0 Å². The van der Waals surface area contributed by atoms with Crippen LogP contribution in [-0.2, 0) is 35.3 Å². The number of halogens is 2. The van der Waals surface area contributed by atoms with Crippen LogP contribution in [0.15, 0.2) is 53.6 Å². The molecule has 0 unspecified atom stereocenters. The van der Waals surface area contributed by atoms with E-state index in [0.29, 0.717) is 60.9 Å². The van der Waals surface area contributed by atoms with Gasteiger partial charge in [0.2, 0.25) is 15.9 Å². The second-order valence-electron chi connectivity index (χ2n) is 16.0. The molecule has 15 heteroatoms. The van der Waals surface area contributed by atoms with E-state index >= 15 is 4.79 Å². The highest BCUT2D eigenvalue weighted by Gasteiger charge is 2.38. The van der Waals surface area contributed by atoms with Crippen molar-refractivity contribution < 1.29 is 22.7 Å². The number of ether oxygens (including phenoxy) is 1. The van der Waals surface area contributed by atoms with Crippen LogP contribution in [0, 0.1) is 27.7 Å². The number of carbonyl (C=O) groups excluding carboxylic acids is 2. The maximum Gasteiger partial charge on any atom is 0.275 e. The van der Waals surface area contributed by atoms with E-state index in [2.05, 4.69) is 11.5 Å². The van der Waals surface area contributed by atoms with Crippen molar-refractivity contribution in [1.29, 1.82) is 0 Å². The van der Waals surface area contributed by atoms with E-state index in [0.717, 1.165) is 66.4 Å². The third-order valence-corrected chi connectivity index (χ3v) is 14.9. The predicted molar refractivity (Wildman–Crippen MR) is 234 cm³/mol. The second-order valence-corrected chi connectivity index (χ2v) is 18.7. The topological polar surface area (TPSA) is 115 Å². The van der Waals surface area contributed by atoms with Gasteiger partial charge in [-0.05, 0) is 101 Å². The molecule has 3 aromatic carbocycles. The number of fused-ring (bicyclic) bond motifs is 4. The highest BCUT2D eigenvalue weighted by molar-refractivity contribution is 7.89. The molecule has 310 valence electrons. The molecule has 0 spiro atoms. The van der Waals surface area contributed by atoms with E-state index in [1.54, 1.807) is 28.0 Å². The second kappa shape index (κ2) is 15.3. The summed E-state index contributed by atoms with van der Waals surface area (Å²) in [6, 6.07) is 12.7. The molecule has 5 heterocycles. The number of aryl methyl sites for hydroxylation is 6. The largest absolute Gasteiger partial charge is 0.494 e. The number of nitrogens with zero attached hydrogens (tertiary/aromatic N) is 7. The Bertz CT molecular complexity index is 2790. The minimum Gasteiger partial charge on any atom is -0.494 e. The van der Waals surface area contributed by atoms with Crippen molar-refractivity contribution in [2.75, 3.05) is 44.2 Å². The van der Waals surface area contributed by atoms with E-state index in [1.807, 2.05) is 81.5 Å². The molecule has 0 saturated carbocycles. The number of hydrogen-bond donors (Lipinski definition) is 0. The summed E-state index contributed by atoms with van der Waals surface area (Å²) in [6.07, 6.45) is 3.09. The monoisotopic (exact) mass is 857 g/mol. The molecule has 2 aliphatic heterocycles. The molecule has 0 bridgehead atoms. The molecule has 0 radical (unpaired) electrons. The van der Waals surface area contributed by atoms with Crippen molar-refractivity contribution in [3.8, 4) is 16.9 Å². The number of aromatic nitrogens is 4. The van der Waals surface area contributed by atoms with Gasteiger partial charge in [-0.2, -0.15) is 9.40 Å². The molecule has 12 nitrogen and oxygen atoms in total. The minimum absolute atomic E-state index is 0.0712. The Kier molecular flexibility index (Phi) is 10.6. The van der Waals surface area contributed by atoms with Gasteiger partial charge in [0.15, 0.2) is 0 Å². The van der Waals surface area contributed by atoms with Crippen LogP contribution >= 0.6 is 23.2 Å². The van der Waals surface area contributed by atoms with E-state index < -0.39 is 10.0 Å². The van der Waals surface area contributed by atoms with Crippen molar-refractivity contribution >= 4 is 72.5 Å². The lowest BCUT2D eigenvalue weighted by Crippen LogP contribution is -2.49. The van der Waals surface area contributed by atoms with Gasteiger partial charge in [-0.3, -0.25) is 14.3 Å². The van der Waals surface area contributed by atoms with Crippen molar-refractivity contribution in [2.24, 2.45) is 14.1 Å². The van der Waals surface area contributed by atoms with Gasteiger partial charge in [0.25, 0.3) is 5.91 Å². The zero-order chi connectivity index (χ0) is 42.2. The van der Waals surface area contributed by atoms with Gasteiger partial charge in [-0.25, -0.2) is 8.42 Å². The Balaban J connectivity index is 1.22. The summed E-state index contributed by atoms with van der Waals surface area (Å²) in [4.78, 5) is 30.8. The SMILES string of the molecule is CC(=O)N1CCN(S(=O)(=O)c2ccc3c(c2)c(N2C[C@@H](C)n4c(c(CCCOc5cc(C)c(Cl)c(C)c5)c5ccc(Cl)c(-c6c(C)nn(C)c6C)c54)C2=O)cn3C)CC1. The van der Waals surface area contributed by atoms with Crippen LogP contribution in [0.4, 0.5) is 5.69 Å². The molecule has 0 aliphatic carbocycles. The van der Waals surface area contributed by atoms with Gasteiger partial charge >= 0.3 is 0 Å². The molecule has 0 N–H and O–H groups in total. The first-order valence-corrected chi connectivity index (χ1v) is 22.1. The molecular weight excluding hydrogens is 810 g/mol. The van der Waals surface area contributed by atoms with E-state index in [9.17, 15) is 13.2 Å². The van der Waals surface area contributed by atoms with Crippen LogP contribution in [0.3, 0.4) is 0 Å². The summed E-state index contributed by atoms with van der Waals surface area (Å²) in [5, 5.41) is 7.63. The Labute approximate surface area is 354 Å². The molecule has 1 saturated heterocycles. The fourth-order valence-corrected chi connectivity index (χ4v) is 10.9. The Hall–Kier alpha value is -4.82. The molecule has 1 fully saturated rings. The highest BCUT2D eigenvalue weighted by Crippen LogP contribution is 2.46. The molecule has 2 amide bonds. The first-order chi connectivity index (χ1) is 28.0. The summed E-state index contributed by atoms with van der Waals surface area (Å²) in [5.74, 6) is 0.497. The molecular formula is C44H49Cl2N7O5S. The number of benzene rings is 3. The minimum atomic E-state index is -3.88. The van der Waals surface area contributed by atoms with Crippen LogP contribution < -0.4 is 9.64 Å². The smallest absolute Gasteiger partial charge is 0.275 e. The van der Waals surface area contributed by atoms with Crippen LogP contribution in [-0.4, -0.2) is 87.7 Å². The van der Waals surface area contributed by atoms with Crippen LogP contribution in [0.1, 0.15) is 64.9 Å². The highest BCUT2D eigenvalue weighted by atomic mass is 35.5. The Morgan fingerprint density at radius 2 is 1.63 bits per heavy atom. The van der Waals surface area contributed by atoms with Gasteiger partial charge in [-0.1, -0.05) is 29.3 Å². The molecule has 8 rings (SSSR count). The maximum absolute atomic E-state index is 15.3. The molecule has 2 aliphatic rings. The molecule has 6 aromatic rings. The molecule has 1 atom stereocenters. The van der Waals surface area contributed by atoms with Gasteiger partial charge < -0.3 is 23.7 Å². The van der Waals surface area contributed by atoms with Gasteiger partial charge in [0.05, 0.1) is 33.4 Å². The number of piperazine rings is 1. The number of rotatable bonds is 9. The van der Waals surface area contributed by atoms with Crippen molar-refractivity contribution in [1.82, 2.24) is 28.1 Å². The first-order valence-electron chi connectivity index (χ1n) is 19.9. The quantitative estimate of drug-likeness (QED) is 0.136. The fraction of sp³-hybridized carbons (Fsp3) is 0.386. The van der Waals surface area contributed by atoms with E-state index in [4.69, 9.17) is 33.0 Å². The zero-order valence-electron chi connectivity index (χ0n) is 34.7. The van der Waals surface area contributed by atoms with Crippen molar-refractivity contribution in [3.05, 3.63) is 92.5 Å². The number of sulfonamides is 1. The average molecular weight is 859 g/mol. The summed E-state index contributed by atoms with van der Waals surface area (Å²) in [6.45, 7) is 13.4. The van der Waals surface area contributed by atoms with Crippen molar-refractivity contribution in [3.63, 3.8) is 0 Å². The third kappa shape index (κ3) is 6.89. The third-order valence-electron chi connectivity index (χ3n) is 12.1. The fourth-order valence-electron chi connectivity index (χ4n) is 9.06. The zero-order valence-corrected chi connectivity index (χ0v) is 37.0. The summed E-state index contributed by atoms with van der Waals surface area (Å²) < 4.78 is 41.7. The standard InChI is InChI=1S/C44H49Cl2N7O5S/c1-25-20-31(21-26(2)41(25)46)58-19-9-10-33-34-12-13-36(45)40(39-28(4)47-49(8)29(39)5)42(34)53-27(3)23-52(44(55)43(33)53)38-24-48(7)37-14-11-32(22-35(37)38)59(56,57)51-17-15-50(16-18-51)30(6)54/h11-14,20-22,24,27H,9-10,15-19,23H2,1-8H3/t27-/m1/s1. The van der Waals surface area contributed by atoms with Crippen LogP contribution in [0.5, 0.6) is 5.75 Å². The summed E-state index contributed by atoms with van der Waals surface area (Å²) in [5.41, 5.74) is 9.30. The number of amides is 2. The summed E-state index contributed by atoms with van der Waals surface area (Å²) >= 11 is 13.6. The van der Waals surface area contributed by atoms with Crippen LogP contribution in [0.25, 0.3) is 32.9 Å². The maximum atomic E-state index is 15.3. The number of anilines is 1. The van der Waals surface area contributed by atoms with Gasteiger partial charge in [-0.15, -0.1) is 0 Å². The number of hydrogen-bond acceptors (Lipinski definition) is 6. The van der Waals surface area contributed by atoms with E-state index in [-0.39, 0.29) is 35.8 Å². The normalized spacial score (nSPS) is 16.4. The lowest BCUT2D eigenvalue weighted by atomic mass is 9.98.